The number of hydrogen-bond acceptors (Lipinski definition) is 7. The van der Waals surface area contributed by atoms with Gasteiger partial charge in [0.2, 0.25) is 21.8 Å². The average Bonchev–Trinajstić information content (AvgIpc) is 2.89. The van der Waals surface area contributed by atoms with Gasteiger partial charge < -0.3 is 19.7 Å². The molecule has 0 unspecified atom stereocenters. The zero-order valence-corrected chi connectivity index (χ0v) is 22.4. The molecular formula is C26H36N4O6S. The van der Waals surface area contributed by atoms with Crippen LogP contribution in [-0.2, 0) is 30.9 Å². The predicted octanol–water partition coefficient (Wildman–Crippen LogP) is 1.10. The van der Waals surface area contributed by atoms with E-state index in [1.165, 1.54) is 11.9 Å². The Kier molecular flexibility index (Phi) is 10.4. The minimum absolute atomic E-state index is 0.108. The second kappa shape index (κ2) is 13.5. The first kappa shape index (κ1) is 28.6. The topological polar surface area (TPSA) is 108 Å². The first-order valence-electron chi connectivity index (χ1n) is 12.2. The predicted molar refractivity (Wildman–Crippen MR) is 140 cm³/mol. The molecule has 1 fully saturated rings. The maximum Gasteiger partial charge on any atom is 0.247 e. The number of carbonyl (C=O) groups excluding carboxylic acids is 2. The van der Waals surface area contributed by atoms with E-state index in [4.69, 9.17) is 9.47 Å². The van der Waals surface area contributed by atoms with Crippen molar-refractivity contribution < 1.29 is 27.5 Å². The highest BCUT2D eigenvalue weighted by Crippen LogP contribution is 2.25. The van der Waals surface area contributed by atoms with Crippen molar-refractivity contribution in [3.8, 4) is 5.75 Å². The molecule has 0 spiro atoms. The third-order valence-corrected chi connectivity index (χ3v) is 7.52. The highest BCUT2D eigenvalue weighted by molar-refractivity contribution is 7.88. The normalized spacial score (nSPS) is 15.2. The van der Waals surface area contributed by atoms with Crippen LogP contribution in [0.3, 0.4) is 0 Å². The van der Waals surface area contributed by atoms with Gasteiger partial charge in [0.15, 0.2) is 0 Å². The molecule has 0 aromatic heterocycles. The Morgan fingerprint density at radius 1 is 1.08 bits per heavy atom. The van der Waals surface area contributed by atoms with Crippen molar-refractivity contribution in [2.75, 3.05) is 66.4 Å². The lowest BCUT2D eigenvalue weighted by molar-refractivity contribution is -0.141. The van der Waals surface area contributed by atoms with E-state index in [0.29, 0.717) is 37.6 Å². The summed E-state index contributed by atoms with van der Waals surface area (Å²) in [7, 11) is -0.684. The van der Waals surface area contributed by atoms with Gasteiger partial charge in [-0.15, -0.1) is 0 Å². The number of hydrogen-bond donors (Lipinski definition) is 1. The van der Waals surface area contributed by atoms with Gasteiger partial charge in [-0.2, -0.15) is 4.31 Å². The zero-order valence-electron chi connectivity index (χ0n) is 21.6. The number of likely N-dealkylation sites (N-methyl/N-ethyl adjacent to an activating group) is 1. The fourth-order valence-electron chi connectivity index (χ4n) is 4.02. The number of ether oxygens (including phenoxy) is 2. The summed E-state index contributed by atoms with van der Waals surface area (Å²) in [4.78, 5) is 30.8. The maximum absolute atomic E-state index is 13.6. The Bertz CT molecular complexity index is 1120. The second-order valence-electron chi connectivity index (χ2n) is 8.95. The van der Waals surface area contributed by atoms with Gasteiger partial charge in [0.05, 0.1) is 33.1 Å². The van der Waals surface area contributed by atoms with E-state index < -0.39 is 22.0 Å². The molecule has 1 atom stereocenters. The molecule has 2 aromatic rings. The van der Waals surface area contributed by atoms with Crippen molar-refractivity contribution in [1.29, 1.82) is 0 Å². The van der Waals surface area contributed by atoms with Gasteiger partial charge in [0, 0.05) is 39.8 Å². The molecule has 0 saturated carbocycles. The summed E-state index contributed by atoms with van der Waals surface area (Å²) >= 11 is 0. The Labute approximate surface area is 219 Å². The number of morpholine rings is 1. The number of sulfonamides is 1. The first-order valence-corrected chi connectivity index (χ1v) is 14.0. The number of amides is 2. The minimum atomic E-state index is -3.60. The van der Waals surface area contributed by atoms with Crippen molar-refractivity contribution in [2.24, 2.45) is 0 Å². The highest BCUT2D eigenvalue weighted by Gasteiger charge is 2.33. The smallest absolute Gasteiger partial charge is 0.247 e. The molecule has 1 saturated heterocycles. The summed E-state index contributed by atoms with van der Waals surface area (Å²) in [6.45, 7) is 3.74. The lowest BCUT2D eigenvalue weighted by Crippen LogP contribution is -2.48. The van der Waals surface area contributed by atoms with E-state index in [2.05, 4.69) is 10.2 Å². The van der Waals surface area contributed by atoms with E-state index >= 15 is 0 Å². The molecule has 1 heterocycles. The molecule has 11 heteroatoms. The fourth-order valence-corrected chi connectivity index (χ4v) is 4.36. The molecule has 1 aliphatic rings. The largest absolute Gasteiger partial charge is 0.497 e. The van der Waals surface area contributed by atoms with E-state index in [0.717, 1.165) is 29.2 Å². The summed E-state index contributed by atoms with van der Waals surface area (Å²) < 4.78 is 35.7. The lowest BCUT2D eigenvalue weighted by atomic mass is 10.0. The van der Waals surface area contributed by atoms with Crippen LogP contribution in [0.4, 0.5) is 0 Å². The molecule has 2 amide bonds. The van der Waals surface area contributed by atoms with E-state index in [1.54, 1.807) is 31.4 Å². The molecule has 2 aromatic carbocycles. The Balaban J connectivity index is 1.88. The number of nitrogens with zero attached hydrogens (tertiary/aromatic N) is 3. The quantitative estimate of drug-likeness (QED) is 0.436. The summed E-state index contributed by atoms with van der Waals surface area (Å²) in [5.74, 6) is -0.150. The number of rotatable bonds is 12. The molecular weight excluding hydrogens is 496 g/mol. The van der Waals surface area contributed by atoms with Gasteiger partial charge in [-0.3, -0.25) is 14.5 Å². The molecule has 37 heavy (non-hydrogen) atoms. The van der Waals surface area contributed by atoms with Gasteiger partial charge in [0.1, 0.15) is 11.8 Å². The second-order valence-corrected chi connectivity index (χ2v) is 11.0. The molecule has 3 rings (SSSR count). The number of carbonyl (C=O) groups is 2. The van der Waals surface area contributed by atoms with Gasteiger partial charge in [-0.1, -0.05) is 42.5 Å². The number of benzene rings is 2. The molecule has 10 nitrogen and oxygen atoms in total. The summed E-state index contributed by atoms with van der Waals surface area (Å²) in [5.41, 5.74) is 1.41. The molecule has 1 N–H and O–H groups in total. The van der Waals surface area contributed by atoms with Crippen molar-refractivity contribution in [3.63, 3.8) is 0 Å². The van der Waals surface area contributed by atoms with Crippen molar-refractivity contribution in [2.45, 2.75) is 12.6 Å². The fraction of sp³-hybridized carbons (Fsp3) is 0.462. The van der Waals surface area contributed by atoms with Crippen LogP contribution in [0, 0.1) is 0 Å². The Morgan fingerprint density at radius 2 is 1.73 bits per heavy atom. The third kappa shape index (κ3) is 8.53. The van der Waals surface area contributed by atoms with Crippen LogP contribution in [0.2, 0.25) is 0 Å². The van der Waals surface area contributed by atoms with Gasteiger partial charge in [-0.05, 0) is 23.3 Å². The Morgan fingerprint density at radius 3 is 2.32 bits per heavy atom. The van der Waals surface area contributed by atoms with E-state index in [9.17, 15) is 18.0 Å². The van der Waals surface area contributed by atoms with Crippen LogP contribution in [0.5, 0.6) is 5.75 Å². The third-order valence-electron chi connectivity index (χ3n) is 6.26. The summed E-state index contributed by atoms with van der Waals surface area (Å²) in [5, 5.41) is 2.98. The summed E-state index contributed by atoms with van der Waals surface area (Å²) in [6, 6.07) is 15.3. The van der Waals surface area contributed by atoms with Gasteiger partial charge in [0.25, 0.3) is 0 Å². The van der Waals surface area contributed by atoms with Crippen molar-refractivity contribution >= 4 is 21.8 Å². The maximum atomic E-state index is 13.6. The van der Waals surface area contributed by atoms with Crippen molar-refractivity contribution in [3.05, 3.63) is 65.7 Å². The lowest BCUT2D eigenvalue weighted by Gasteiger charge is -2.33. The van der Waals surface area contributed by atoms with Crippen molar-refractivity contribution in [1.82, 2.24) is 19.4 Å². The van der Waals surface area contributed by atoms with E-state index in [-0.39, 0.29) is 19.0 Å². The number of methoxy groups -OCH3 is 1. The molecule has 0 radical (unpaired) electrons. The molecule has 0 aliphatic carbocycles. The first-order chi connectivity index (χ1) is 17.7. The monoisotopic (exact) mass is 532 g/mol. The SMILES string of the molecule is COc1ccc(CN(C(=O)CN(C)S(C)(=O)=O)[C@@H](C(=O)NCCN2CCOCC2)c2ccccc2)cc1. The number of nitrogens with one attached hydrogen (secondary N) is 1. The zero-order chi connectivity index (χ0) is 26.8. The van der Waals surface area contributed by atoms with Crippen LogP contribution < -0.4 is 10.1 Å². The van der Waals surface area contributed by atoms with Crippen LogP contribution in [0.15, 0.2) is 54.6 Å². The molecule has 202 valence electrons. The van der Waals surface area contributed by atoms with Crippen LogP contribution in [0.1, 0.15) is 17.2 Å². The van der Waals surface area contributed by atoms with Crippen LogP contribution in [0.25, 0.3) is 0 Å². The Hall–Kier alpha value is -2.99. The summed E-state index contributed by atoms with van der Waals surface area (Å²) in [6.07, 6.45) is 1.04. The minimum Gasteiger partial charge on any atom is -0.497 e. The van der Waals surface area contributed by atoms with E-state index in [1.807, 2.05) is 30.3 Å². The van der Waals surface area contributed by atoms with Crippen LogP contribution >= 0.6 is 0 Å². The molecule has 1 aliphatic heterocycles. The highest BCUT2D eigenvalue weighted by atomic mass is 32.2. The average molecular weight is 533 g/mol. The standard InChI is InChI=1S/C26H36N4O6S/c1-28(37(3,33)34)20-24(31)30(19-21-9-11-23(35-2)12-10-21)25(22-7-5-4-6-8-22)26(32)27-13-14-29-15-17-36-18-16-29/h4-12,25H,13-20H2,1-3H3,(H,27,32)/t25-/m1/s1. The molecule has 0 bridgehead atoms. The van der Waals surface area contributed by atoms with Crippen LogP contribution in [-0.4, -0.2) is 101 Å². The van der Waals surface area contributed by atoms with Gasteiger partial charge >= 0.3 is 0 Å². The van der Waals surface area contributed by atoms with Gasteiger partial charge in [-0.25, -0.2) is 8.42 Å².